The van der Waals surface area contributed by atoms with Crippen molar-refractivity contribution in [3.63, 3.8) is 0 Å². The van der Waals surface area contributed by atoms with E-state index in [2.05, 4.69) is 16.3 Å². The van der Waals surface area contributed by atoms with E-state index in [9.17, 15) is 0 Å². The van der Waals surface area contributed by atoms with Gasteiger partial charge in [-0.3, -0.25) is 0 Å². The fraction of sp³-hybridized carbons (Fsp3) is 0.500. The molecule has 2 aromatic rings. The number of nitrogens with two attached hydrogens (primary N) is 1. The second kappa shape index (κ2) is 2.46. The first kappa shape index (κ1) is 8.70. The molecule has 0 atom stereocenters. The van der Waals surface area contributed by atoms with Gasteiger partial charge in [0.05, 0.1) is 6.20 Å². The molecule has 2 heterocycles. The summed E-state index contributed by atoms with van der Waals surface area (Å²) in [5, 5.41) is 4.24. The predicted molar refractivity (Wildman–Crippen MR) is 60.1 cm³/mol. The highest BCUT2D eigenvalue weighted by atomic mass is 15.2. The van der Waals surface area contributed by atoms with Gasteiger partial charge in [-0.25, -0.2) is 9.50 Å². The molecule has 4 heteroatoms. The summed E-state index contributed by atoms with van der Waals surface area (Å²) in [4.78, 5) is 4.43. The standard InChI is InChI=1S/C12H14N4/c13-12(4-5-12)11(2-3-11)9-7-14-10-1-6-15-16(10)8-9/h1,6-8H,2-5,13H2. The molecule has 0 amide bonds. The van der Waals surface area contributed by atoms with E-state index in [1.807, 2.05) is 16.8 Å². The van der Waals surface area contributed by atoms with Crippen LogP contribution in [0.25, 0.3) is 5.65 Å². The van der Waals surface area contributed by atoms with Crippen molar-refractivity contribution in [1.82, 2.24) is 14.6 Å². The van der Waals surface area contributed by atoms with Crippen molar-refractivity contribution in [3.05, 3.63) is 30.2 Å². The highest BCUT2D eigenvalue weighted by molar-refractivity contribution is 5.43. The molecule has 4 nitrogen and oxygen atoms in total. The second-order valence-corrected chi connectivity index (χ2v) is 5.21. The molecule has 0 aliphatic heterocycles. The Morgan fingerprint density at radius 3 is 2.75 bits per heavy atom. The lowest BCUT2D eigenvalue weighted by molar-refractivity contribution is 0.499. The lowest BCUT2D eigenvalue weighted by Gasteiger charge is -2.22. The monoisotopic (exact) mass is 214 g/mol. The summed E-state index contributed by atoms with van der Waals surface area (Å²) in [6.45, 7) is 0. The molecule has 0 aromatic carbocycles. The van der Waals surface area contributed by atoms with Crippen LogP contribution in [0.2, 0.25) is 0 Å². The summed E-state index contributed by atoms with van der Waals surface area (Å²) in [6, 6.07) is 1.92. The smallest absolute Gasteiger partial charge is 0.154 e. The van der Waals surface area contributed by atoms with Crippen molar-refractivity contribution in [2.24, 2.45) is 5.73 Å². The first-order valence-corrected chi connectivity index (χ1v) is 5.82. The van der Waals surface area contributed by atoms with Crippen LogP contribution in [0.5, 0.6) is 0 Å². The molecule has 2 N–H and O–H groups in total. The minimum Gasteiger partial charge on any atom is -0.324 e. The molecule has 0 spiro atoms. The van der Waals surface area contributed by atoms with E-state index >= 15 is 0 Å². The van der Waals surface area contributed by atoms with E-state index in [1.165, 1.54) is 18.4 Å². The fourth-order valence-corrected chi connectivity index (χ4v) is 2.87. The van der Waals surface area contributed by atoms with Crippen LogP contribution in [0, 0.1) is 0 Å². The third kappa shape index (κ3) is 0.930. The Kier molecular flexibility index (Phi) is 1.34. The van der Waals surface area contributed by atoms with E-state index in [0.29, 0.717) is 0 Å². The summed E-state index contributed by atoms with van der Waals surface area (Å²) in [5.41, 5.74) is 8.81. The van der Waals surface area contributed by atoms with Crippen molar-refractivity contribution < 1.29 is 0 Å². The Morgan fingerprint density at radius 2 is 2.06 bits per heavy atom. The average Bonchev–Trinajstić information content (AvgIpc) is 3.18. The van der Waals surface area contributed by atoms with Crippen molar-refractivity contribution in [1.29, 1.82) is 0 Å². The first-order chi connectivity index (χ1) is 7.74. The lowest BCUT2D eigenvalue weighted by Crippen LogP contribution is -2.37. The molecule has 2 fully saturated rings. The summed E-state index contributed by atoms with van der Waals surface area (Å²) in [6.07, 6.45) is 10.6. The van der Waals surface area contributed by atoms with Crippen LogP contribution >= 0.6 is 0 Å². The molecule has 2 aromatic heterocycles. The Morgan fingerprint density at radius 1 is 1.25 bits per heavy atom. The minimum absolute atomic E-state index is 0.0511. The molecule has 16 heavy (non-hydrogen) atoms. The van der Waals surface area contributed by atoms with E-state index < -0.39 is 0 Å². The summed E-state index contributed by atoms with van der Waals surface area (Å²) < 4.78 is 1.85. The Hall–Kier alpha value is -1.42. The molecule has 0 saturated heterocycles. The highest BCUT2D eigenvalue weighted by Gasteiger charge is 2.64. The summed E-state index contributed by atoms with van der Waals surface area (Å²) in [5.74, 6) is 0. The zero-order valence-corrected chi connectivity index (χ0v) is 9.06. The SMILES string of the molecule is NC1(C2(c3cnc4ccnn4c3)CC2)CC1. The van der Waals surface area contributed by atoms with Crippen LogP contribution in [0.1, 0.15) is 31.2 Å². The van der Waals surface area contributed by atoms with Gasteiger partial charge in [-0.15, -0.1) is 0 Å². The molecule has 0 unspecified atom stereocenters. The molecule has 2 aliphatic rings. The fourth-order valence-electron chi connectivity index (χ4n) is 2.87. The normalized spacial score (nSPS) is 24.6. The summed E-state index contributed by atoms with van der Waals surface area (Å²) >= 11 is 0. The van der Waals surface area contributed by atoms with Crippen LogP contribution in [0.3, 0.4) is 0 Å². The first-order valence-electron chi connectivity index (χ1n) is 5.82. The van der Waals surface area contributed by atoms with E-state index in [1.54, 1.807) is 6.20 Å². The topological polar surface area (TPSA) is 56.2 Å². The molecule has 4 rings (SSSR count). The number of hydrogen-bond donors (Lipinski definition) is 1. The number of hydrogen-bond acceptors (Lipinski definition) is 3. The van der Waals surface area contributed by atoms with E-state index in [0.717, 1.165) is 18.5 Å². The maximum absolute atomic E-state index is 6.38. The number of rotatable bonds is 2. The Balaban J connectivity index is 1.87. The van der Waals surface area contributed by atoms with Gasteiger partial charge in [0.2, 0.25) is 0 Å². The third-order valence-corrected chi connectivity index (χ3v) is 4.29. The van der Waals surface area contributed by atoms with Crippen LogP contribution < -0.4 is 5.73 Å². The second-order valence-electron chi connectivity index (χ2n) is 5.21. The van der Waals surface area contributed by atoms with E-state index in [4.69, 9.17) is 5.73 Å². The Bertz CT molecular complexity index is 563. The molecule has 0 bridgehead atoms. The highest BCUT2D eigenvalue weighted by Crippen LogP contribution is 2.63. The van der Waals surface area contributed by atoms with Gasteiger partial charge in [0, 0.05) is 29.4 Å². The minimum atomic E-state index is 0.0511. The van der Waals surface area contributed by atoms with Gasteiger partial charge < -0.3 is 5.73 Å². The summed E-state index contributed by atoms with van der Waals surface area (Å²) in [7, 11) is 0. The number of fused-ring (bicyclic) bond motifs is 1. The van der Waals surface area contributed by atoms with Crippen LogP contribution in [0.15, 0.2) is 24.7 Å². The third-order valence-electron chi connectivity index (χ3n) is 4.29. The molecule has 2 aliphatic carbocycles. The van der Waals surface area contributed by atoms with Gasteiger partial charge in [0.1, 0.15) is 0 Å². The number of nitrogens with zero attached hydrogens (tertiary/aromatic N) is 3. The molecule has 82 valence electrons. The van der Waals surface area contributed by atoms with Gasteiger partial charge in [-0.05, 0) is 31.2 Å². The van der Waals surface area contributed by atoms with Crippen LogP contribution in [0.4, 0.5) is 0 Å². The van der Waals surface area contributed by atoms with E-state index in [-0.39, 0.29) is 11.0 Å². The Labute approximate surface area is 93.5 Å². The maximum atomic E-state index is 6.38. The average molecular weight is 214 g/mol. The molecular weight excluding hydrogens is 200 g/mol. The van der Waals surface area contributed by atoms with Gasteiger partial charge in [-0.2, -0.15) is 5.10 Å². The maximum Gasteiger partial charge on any atom is 0.154 e. The quantitative estimate of drug-likeness (QED) is 0.818. The molecule has 2 saturated carbocycles. The van der Waals surface area contributed by atoms with Crippen molar-refractivity contribution in [3.8, 4) is 0 Å². The zero-order chi connectivity index (χ0) is 10.8. The van der Waals surface area contributed by atoms with Gasteiger partial charge in [0.25, 0.3) is 0 Å². The van der Waals surface area contributed by atoms with Crippen LogP contribution in [-0.4, -0.2) is 20.1 Å². The van der Waals surface area contributed by atoms with Crippen molar-refractivity contribution >= 4 is 5.65 Å². The van der Waals surface area contributed by atoms with Crippen molar-refractivity contribution in [2.45, 2.75) is 36.6 Å². The largest absolute Gasteiger partial charge is 0.324 e. The number of aromatic nitrogens is 3. The van der Waals surface area contributed by atoms with Gasteiger partial charge >= 0.3 is 0 Å². The lowest BCUT2D eigenvalue weighted by atomic mass is 9.88. The van der Waals surface area contributed by atoms with Crippen LogP contribution in [-0.2, 0) is 5.41 Å². The van der Waals surface area contributed by atoms with Gasteiger partial charge in [-0.1, -0.05) is 0 Å². The molecule has 0 radical (unpaired) electrons. The predicted octanol–water partition coefficient (Wildman–Crippen LogP) is 1.25. The zero-order valence-electron chi connectivity index (χ0n) is 9.06. The molecular formula is C12H14N4. The van der Waals surface area contributed by atoms with Gasteiger partial charge in [0.15, 0.2) is 5.65 Å². The van der Waals surface area contributed by atoms with Crippen molar-refractivity contribution in [2.75, 3.05) is 0 Å².